The molecule has 1 unspecified atom stereocenters. The Hall–Kier alpha value is -1.84. The summed E-state index contributed by atoms with van der Waals surface area (Å²) < 4.78 is 10.4. The Morgan fingerprint density at radius 3 is 2.63 bits per heavy atom. The largest absolute Gasteiger partial charge is 0.462 e. The first-order valence-electron chi connectivity index (χ1n) is 6.45. The van der Waals surface area contributed by atoms with E-state index >= 15 is 0 Å². The van der Waals surface area contributed by atoms with Gasteiger partial charge in [0.1, 0.15) is 5.60 Å². The van der Waals surface area contributed by atoms with Gasteiger partial charge in [0.25, 0.3) is 0 Å². The number of esters is 2. The molecule has 4 nitrogen and oxygen atoms in total. The van der Waals surface area contributed by atoms with Gasteiger partial charge >= 0.3 is 11.9 Å². The summed E-state index contributed by atoms with van der Waals surface area (Å²) in [5, 5.41) is 0. The Labute approximate surface area is 112 Å². The highest BCUT2D eigenvalue weighted by molar-refractivity contribution is 5.89. The quantitative estimate of drug-likeness (QED) is 0.765. The predicted molar refractivity (Wildman–Crippen MR) is 69.6 cm³/mol. The number of rotatable bonds is 5. The number of carbonyl (C=O) groups excluding carboxylic acids is 2. The van der Waals surface area contributed by atoms with Crippen LogP contribution in [0.4, 0.5) is 0 Å². The molecule has 1 aliphatic rings. The highest BCUT2D eigenvalue weighted by Crippen LogP contribution is 2.36. The van der Waals surface area contributed by atoms with E-state index in [9.17, 15) is 9.59 Å². The van der Waals surface area contributed by atoms with Crippen molar-refractivity contribution in [2.24, 2.45) is 5.92 Å². The monoisotopic (exact) mass is 262 g/mol. The molecular formula is C15H18O4. The lowest BCUT2D eigenvalue weighted by Crippen LogP contribution is -2.50. The molecule has 19 heavy (non-hydrogen) atoms. The molecule has 2 atom stereocenters. The molecule has 1 saturated heterocycles. The lowest BCUT2D eigenvalue weighted by Gasteiger charge is -2.42. The first-order chi connectivity index (χ1) is 9.01. The minimum Gasteiger partial charge on any atom is -0.462 e. The Morgan fingerprint density at radius 2 is 2.05 bits per heavy atom. The lowest BCUT2D eigenvalue weighted by atomic mass is 9.82. The standard InChI is InChI=1S/C15H18O4/c1-11(15(2)10-13(16)19-15)8-9-18-14(17)12-6-4-3-5-7-12/h3-7,11H,8-10H2,1-2H3/t11?,15-/m1/s1. The van der Waals surface area contributed by atoms with Crippen LogP contribution in [0, 0.1) is 5.92 Å². The van der Waals surface area contributed by atoms with Crippen LogP contribution in [0.25, 0.3) is 0 Å². The fourth-order valence-corrected chi connectivity index (χ4v) is 2.10. The average molecular weight is 262 g/mol. The molecule has 2 rings (SSSR count). The Morgan fingerprint density at radius 1 is 1.42 bits per heavy atom. The van der Waals surface area contributed by atoms with Crippen molar-refractivity contribution in [1.29, 1.82) is 0 Å². The van der Waals surface area contributed by atoms with Crippen LogP contribution in [0.3, 0.4) is 0 Å². The zero-order valence-electron chi connectivity index (χ0n) is 11.2. The van der Waals surface area contributed by atoms with Crippen molar-refractivity contribution >= 4 is 11.9 Å². The van der Waals surface area contributed by atoms with Gasteiger partial charge in [-0.25, -0.2) is 4.79 Å². The van der Waals surface area contributed by atoms with Gasteiger partial charge in [-0.1, -0.05) is 25.1 Å². The zero-order chi connectivity index (χ0) is 13.9. The summed E-state index contributed by atoms with van der Waals surface area (Å²) in [5.41, 5.74) is 0.160. The molecule has 1 heterocycles. The molecule has 0 bridgehead atoms. The summed E-state index contributed by atoms with van der Waals surface area (Å²) in [6.45, 7) is 4.25. The number of benzene rings is 1. The minimum atomic E-state index is -0.393. The van der Waals surface area contributed by atoms with E-state index in [4.69, 9.17) is 9.47 Å². The average Bonchev–Trinajstić information content (AvgIpc) is 2.37. The van der Waals surface area contributed by atoms with Gasteiger partial charge in [-0.05, 0) is 31.4 Å². The normalized spacial score (nSPS) is 23.2. The molecule has 102 valence electrons. The second kappa shape index (κ2) is 5.43. The molecule has 1 aromatic rings. The summed E-state index contributed by atoms with van der Waals surface area (Å²) in [6, 6.07) is 8.90. The molecular weight excluding hydrogens is 244 g/mol. The fraction of sp³-hybridized carbons (Fsp3) is 0.467. The lowest BCUT2D eigenvalue weighted by molar-refractivity contribution is -0.198. The number of ether oxygens (including phenoxy) is 2. The van der Waals surface area contributed by atoms with Crippen LogP contribution in [0.15, 0.2) is 30.3 Å². The van der Waals surface area contributed by atoms with E-state index in [-0.39, 0.29) is 17.9 Å². The van der Waals surface area contributed by atoms with Crippen molar-refractivity contribution in [3.63, 3.8) is 0 Å². The third kappa shape index (κ3) is 3.13. The van der Waals surface area contributed by atoms with Crippen molar-refractivity contribution in [3.05, 3.63) is 35.9 Å². The molecule has 1 fully saturated rings. The van der Waals surface area contributed by atoms with E-state index in [1.807, 2.05) is 19.9 Å². The fourth-order valence-electron chi connectivity index (χ4n) is 2.10. The molecule has 0 N–H and O–H groups in total. The summed E-state index contributed by atoms with van der Waals surface area (Å²) in [4.78, 5) is 22.6. The molecule has 0 radical (unpaired) electrons. The Bertz CT molecular complexity index is 458. The van der Waals surface area contributed by atoms with Crippen molar-refractivity contribution < 1.29 is 19.1 Å². The molecule has 0 aromatic heterocycles. The van der Waals surface area contributed by atoms with Gasteiger partial charge < -0.3 is 9.47 Å². The van der Waals surface area contributed by atoms with Gasteiger partial charge in [-0.3, -0.25) is 4.79 Å². The number of carbonyl (C=O) groups is 2. The molecule has 0 amide bonds. The molecule has 0 aliphatic carbocycles. The van der Waals surface area contributed by atoms with E-state index in [1.54, 1.807) is 24.3 Å². The highest BCUT2D eigenvalue weighted by Gasteiger charge is 2.45. The maximum atomic E-state index is 11.7. The van der Waals surface area contributed by atoms with Crippen molar-refractivity contribution in [2.45, 2.75) is 32.3 Å². The van der Waals surface area contributed by atoms with Crippen LogP contribution in [0.2, 0.25) is 0 Å². The number of cyclic esters (lactones) is 1. The molecule has 1 aliphatic heterocycles. The first kappa shape index (κ1) is 13.6. The van der Waals surface area contributed by atoms with E-state index in [1.165, 1.54) is 0 Å². The van der Waals surface area contributed by atoms with Crippen LogP contribution in [-0.4, -0.2) is 24.1 Å². The van der Waals surface area contributed by atoms with Gasteiger partial charge in [-0.2, -0.15) is 0 Å². The third-order valence-corrected chi connectivity index (χ3v) is 3.68. The van der Waals surface area contributed by atoms with Gasteiger partial charge in [0.15, 0.2) is 0 Å². The first-order valence-corrected chi connectivity index (χ1v) is 6.45. The van der Waals surface area contributed by atoms with Gasteiger partial charge in [-0.15, -0.1) is 0 Å². The third-order valence-electron chi connectivity index (χ3n) is 3.68. The van der Waals surface area contributed by atoms with Crippen molar-refractivity contribution in [1.82, 2.24) is 0 Å². The highest BCUT2D eigenvalue weighted by atomic mass is 16.6. The van der Waals surface area contributed by atoms with Crippen LogP contribution in [0.5, 0.6) is 0 Å². The second-order valence-electron chi connectivity index (χ2n) is 5.16. The number of hydrogen-bond donors (Lipinski definition) is 0. The van der Waals surface area contributed by atoms with Gasteiger partial charge in [0.2, 0.25) is 0 Å². The van der Waals surface area contributed by atoms with E-state index in [2.05, 4.69) is 0 Å². The molecule has 0 saturated carbocycles. The van der Waals surface area contributed by atoms with Crippen LogP contribution < -0.4 is 0 Å². The smallest absolute Gasteiger partial charge is 0.338 e. The van der Waals surface area contributed by atoms with E-state index in [0.717, 1.165) is 0 Å². The SMILES string of the molecule is CC(CCOC(=O)c1ccccc1)[C@@]1(C)CC(=O)O1. The maximum Gasteiger partial charge on any atom is 0.338 e. The summed E-state index contributed by atoms with van der Waals surface area (Å²) in [6.07, 6.45) is 1.13. The van der Waals surface area contributed by atoms with Crippen LogP contribution >= 0.6 is 0 Å². The molecule has 4 heteroatoms. The van der Waals surface area contributed by atoms with E-state index < -0.39 is 5.60 Å². The van der Waals surface area contributed by atoms with E-state index in [0.29, 0.717) is 25.0 Å². The van der Waals surface area contributed by atoms with Gasteiger partial charge in [0.05, 0.1) is 18.6 Å². The zero-order valence-corrected chi connectivity index (χ0v) is 11.2. The van der Waals surface area contributed by atoms with Crippen LogP contribution in [0.1, 0.15) is 37.0 Å². The van der Waals surface area contributed by atoms with Crippen molar-refractivity contribution in [2.75, 3.05) is 6.61 Å². The minimum absolute atomic E-state index is 0.157. The topological polar surface area (TPSA) is 52.6 Å². The summed E-state index contributed by atoms with van der Waals surface area (Å²) >= 11 is 0. The van der Waals surface area contributed by atoms with Crippen LogP contribution in [-0.2, 0) is 14.3 Å². The number of hydrogen-bond acceptors (Lipinski definition) is 4. The Balaban J connectivity index is 1.75. The Kier molecular flexibility index (Phi) is 3.88. The summed E-state index contributed by atoms with van der Waals surface area (Å²) in [7, 11) is 0. The predicted octanol–water partition coefficient (Wildman–Crippen LogP) is 2.58. The van der Waals surface area contributed by atoms with Gasteiger partial charge in [0, 0.05) is 0 Å². The van der Waals surface area contributed by atoms with Crippen molar-refractivity contribution in [3.8, 4) is 0 Å². The molecule has 0 spiro atoms. The molecule has 1 aromatic carbocycles. The summed E-state index contributed by atoms with van der Waals surface area (Å²) in [5.74, 6) is -0.298. The maximum absolute atomic E-state index is 11.7. The second-order valence-corrected chi connectivity index (χ2v) is 5.16.